The summed E-state index contributed by atoms with van der Waals surface area (Å²) in [4.78, 5) is 0. The zero-order valence-electron chi connectivity index (χ0n) is 12.6. The van der Waals surface area contributed by atoms with Gasteiger partial charge in [-0.1, -0.05) is 32.3 Å². The largest absolute Gasteiger partial charge is 0.496 e. The van der Waals surface area contributed by atoms with E-state index in [1.807, 2.05) is 0 Å². The van der Waals surface area contributed by atoms with Gasteiger partial charge >= 0.3 is 0 Å². The molecule has 0 amide bonds. The monoisotopic (exact) mass is 339 g/mol. The van der Waals surface area contributed by atoms with Gasteiger partial charge in [-0.25, -0.2) is 0 Å². The highest BCUT2D eigenvalue weighted by molar-refractivity contribution is 9.10. The average Bonchev–Trinajstić information content (AvgIpc) is 2.48. The fraction of sp³-hybridized carbons (Fsp3) is 0.647. The molecule has 0 saturated heterocycles. The highest BCUT2D eigenvalue weighted by Gasteiger charge is 2.23. The molecule has 1 unspecified atom stereocenters. The van der Waals surface area contributed by atoms with E-state index in [4.69, 9.17) is 4.74 Å². The average molecular weight is 340 g/mol. The van der Waals surface area contributed by atoms with Crippen molar-refractivity contribution in [2.75, 3.05) is 13.7 Å². The Balaban J connectivity index is 2.04. The van der Waals surface area contributed by atoms with Gasteiger partial charge in [-0.3, -0.25) is 0 Å². The van der Waals surface area contributed by atoms with Crippen LogP contribution in [0.2, 0.25) is 0 Å². The molecule has 1 aliphatic carbocycles. The van der Waals surface area contributed by atoms with E-state index in [0.717, 1.165) is 29.1 Å². The lowest BCUT2D eigenvalue weighted by Gasteiger charge is -2.31. The number of likely N-dealkylation sites (N-methyl/N-ethyl adjacent to an activating group) is 1. The minimum atomic E-state index is 0.612. The predicted octanol–water partition coefficient (Wildman–Crippen LogP) is 4.56. The molecular formula is C17H26BrNO. The first kappa shape index (κ1) is 15.8. The topological polar surface area (TPSA) is 21.3 Å². The lowest BCUT2D eigenvalue weighted by atomic mass is 9.81. The smallest absolute Gasteiger partial charge is 0.133 e. The number of nitrogens with one attached hydrogen (secondary N) is 1. The maximum Gasteiger partial charge on any atom is 0.133 e. The van der Waals surface area contributed by atoms with Gasteiger partial charge in [0.2, 0.25) is 0 Å². The number of rotatable bonds is 6. The molecule has 1 fully saturated rings. The van der Waals surface area contributed by atoms with E-state index in [1.165, 1.54) is 37.7 Å². The van der Waals surface area contributed by atoms with Crippen LogP contribution in [0.3, 0.4) is 0 Å². The lowest BCUT2D eigenvalue weighted by molar-refractivity contribution is 0.269. The molecule has 0 bridgehead atoms. The third-order valence-corrected chi connectivity index (χ3v) is 4.98. The highest BCUT2D eigenvalue weighted by Crippen LogP contribution is 2.30. The molecule has 1 atom stereocenters. The number of hydrogen-bond donors (Lipinski definition) is 1. The second-order valence-corrected chi connectivity index (χ2v) is 6.59. The molecule has 112 valence electrons. The van der Waals surface area contributed by atoms with E-state index >= 15 is 0 Å². The number of methoxy groups -OCH3 is 1. The van der Waals surface area contributed by atoms with E-state index in [1.54, 1.807) is 7.11 Å². The summed E-state index contributed by atoms with van der Waals surface area (Å²) in [5.41, 5.74) is 1.38. The Hall–Kier alpha value is -0.540. The van der Waals surface area contributed by atoms with Crippen molar-refractivity contribution in [2.45, 2.75) is 51.5 Å². The molecule has 1 N–H and O–H groups in total. The SMILES string of the molecule is CCNC(Cc1ccc(OC)c(Br)c1)C1CCCCC1. The van der Waals surface area contributed by atoms with Crippen LogP contribution in [0.25, 0.3) is 0 Å². The molecule has 0 heterocycles. The number of hydrogen-bond acceptors (Lipinski definition) is 2. The van der Waals surface area contributed by atoms with Crippen LogP contribution >= 0.6 is 15.9 Å². The Morgan fingerprint density at radius 2 is 2.05 bits per heavy atom. The van der Waals surface area contributed by atoms with Gasteiger partial charge in [0.1, 0.15) is 5.75 Å². The lowest BCUT2D eigenvalue weighted by Crippen LogP contribution is -2.38. The maximum absolute atomic E-state index is 5.31. The van der Waals surface area contributed by atoms with Gasteiger partial charge in [-0.05, 0) is 65.4 Å². The Morgan fingerprint density at radius 1 is 1.30 bits per heavy atom. The first-order chi connectivity index (χ1) is 9.74. The zero-order valence-corrected chi connectivity index (χ0v) is 14.2. The molecule has 0 spiro atoms. The van der Waals surface area contributed by atoms with Crippen LogP contribution in [-0.4, -0.2) is 19.7 Å². The van der Waals surface area contributed by atoms with Crippen LogP contribution in [0.1, 0.15) is 44.6 Å². The minimum Gasteiger partial charge on any atom is -0.496 e. The van der Waals surface area contributed by atoms with Crippen molar-refractivity contribution in [1.82, 2.24) is 5.32 Å². The van der Waals surface area contributed by atoms with Crippen LogP contribution in [0, 0.1) is 5.92 Å². The molecule has 20 heavy (non-hydrogen) atoms. The summed E-state index contributed by atoms with van der Waals surface area (Å²) in [5, 5.41) is 3.70. The van der Waals surface area contributed by atoms with Crippen LogP contribution in [0.4, 0.5) is 0 Å². The quantitative estimate of drug-likeness (QED) is 0.820. The van der Waals surface area contributed by atoms with Crippen molar-refractivity contribution in [2.24, 2.45) is 5.92 Å². The van der Waals surface area contributed by atoms with E-state index in [2.05, 4.69) is 46.4 Å². The second kappa shape index (κ2) is 8.04. The first-order valence-corrected chi connectivity index (χ1v) is 8.59. The van der Waals surface area contributed by atoms with Crippen molar-refractivity contribution in [3.63, 3.8) is 0 Å². The van der Waals surface area contributed by atoms with E-state index in [-0.39, 0.29) is 0 Å². The van der Waals surface area contributed by atoms with Crippen molar-refractivity contribution < 1.29 is 4.74 Å². The summed E-state index contributed by atoms with van der Waals surface area (Å²) in [5.74, 6) is 1.75. The molecule has 1 saturated carbocycles. The number of benzene rings is 1. The van der Waals surface area contributed by atoms with Gasteiger partial charge < -0.3 is 10.1 Å². The van der Waals surface area contributed by atoms with Crippen molar-refractivity contribution in [1.29, 1.82) is 0 Å². The van der Waals surface area contributed by atoms with Gasteiger partial charge in [0.25, 0.3) is 0 Å². The third kappa shape index (κ3) is 4.23. The normalized spacial score (nSPS) is 17.9. The molecule has 0 aliphatic heterocycles. The Labute approximate surface area is 131 Å². The van der Waals surface area contributed by atoms with Gasteiger partial charge in [0.05, 0.1) is 11.6 Å². The Morgan fingerprint density at radius 3 is 2.65 bits per heavy atom. The van der Waals surface area contributed by atoms with Crippen LogP contribution < -0.4 is 10.1 Å². The first-order valence-electron chi connectivity index (χ1n) is 7.80. The number of halogens is 1. The summed E-state index contributed by atoms with van der Waals surface area (Å²) < 4.78 is 6.36. The van der Waals surface area contributed by atoms with Gasteiger partial charge in [0.15, 0.2) is 0 Å². The second-order valence-electron chi connectivity index (χ2n) is 5.74. The molecule has 3 heteroatoms. The molecule has 2 rings (SSSR count). The fourth-order valence-electron chi connectivity index (χ4n) is 3.30. The molecule has 1 aromatic carbocycles. The van der Waals surface area contributed by atoms with Gasteiger partial charge in [0, 0.05) is 6.04 Å². The summed E-state index contributed by atoms with van der Waals surface area (Å²) in [7, 11) is 1.71. The van der Waals surface area contributed by atoms with Crippen LogP contribution in [-0.2, 0) is 6.42 Å². The molecule has 0 radical (unpaired) electrons. The maximum atomic E-state index is 5.31. The van der Waals surface area contributed by atoms with Gasteiger partial charge in [-0.15, -0.1) is 0 Å². The van der Waals surface area contributed by atoms with Crippen molar-refractivity contribution in [3.05, 3.63) is 28.2 Å². The van der Waals surface area contributed by atoms with Crippen LogP contribution in [0.5, 0.6) is 5.75 Å². The van der Waals surface area contributed by atoms with Crippen LogP contribution in [0.15, 0.2) is 22.7 Å². The highest BCUT2D eigenvalue weighted by atomic mass is 79.9. The van der Waals surface area contributed by atoms with Crippen molar-refractivity contribution in [3.8, 4) is 5.75 Å². The Kier molecular flexibility index (Phi) is 6.37. The fourth-order valence-corrected chi connectivity index (χ4v) is 3.88. The molecule has 1 aromatic rings. The van der Waals surface area contributed by atoms with Gasteiger partial charge in [-0.2, -0.15) is 0 Å². The van der Waals surface area contributed by atoms with E-state index < -0.39 is 0 Å². The van der Waals surface area contributed by atoms with E-state index in [0.29, 0.717) is 6.04 Å². The molecule has 1 aliphatic rings. The van der Waals surface area contributed by atoms with E-state index in [9.17, 15) is 0 Å². The summed E-state index contributed by atoms with van der Waals surface area (Å²) in [6.07, 6.45) is 8.10. The molecule has 0 aromatic heterocycles. The summed E-state index contributed by atoms with van der Waals surface area (Å²) in [6, 6.07) is 7.06. The number of ether oxygens (including phenoxy) is 1. The third-order valence-electron chi connectivity index (χ3n) is 4.36. The molecule has 2 nitrogen and oxygen atoms in total. The molecular weight excluding hydrogens is 314 g/mol. The zero-order chi connectivity index (χ0) is 14.4. The van der Waals surface area contributed by atoms with Crippen molar-refractivity contribution >= 4 is 15.9 Å². The standard InChI is InChI=1S/C17H26BrNO/c1-3-19-16(14-7-5-4-6-8-14)12-13-9-10-17(20-2)15(18)11-13/h9-11,14,16,19H,3-8,12H2,1-2H3. The summed E-state index contributed by atoms with van der Waals surface area (Å²) in [6.45, 7) is 3.26. The predicted molar refractivity (Wildman–Crippen MR) is 88.4 cm³/mol. The minimum absolute atomic E-state index is 0.612. The summed E-state index contributed by atoms with van der Waals surface area (Å²) >= 11 is 3.59. The Bertz CT molecular complexity index is 415.